The van der Waals surface area contributed by atoms with Crippen molar-refractivity contribution < 1.29 is 0 Å². The maximum atomic E-state index is 6.06. The van der Waals surface area contributed by atoms with Crippen LogP contribution in [0.3, 0.4) is 0 Å². The van der Waals surface area contributed by atoms with Gasteiger partial charge in [-0.25, -0.2) is 0 Å². The molecular weight excluding hydrogens is 256 g/mol. The summed E-state index contributed by atoms with van der Waals surface area (Å²) in [6.07, 6.45) is 4.83. The summed E-state index contributed by atoms with van der Waals surface area (Å²) >= 11 is 0. The number of nitrogens with two attached hydrogens (primary N) is 1. The zero-order valence-corrected chi connectivity index (χ0v) is 12.8. The van der Waals surface area contributed by atoms with Crippen molar-refractivity contribution >= 4 is 11.4 Å². The molecule has 2 heteroatoms. The van der Waals surface area contributed by atoms with Gasteiger partial charge in [0.2, 0.25) is 0 Å². The molecule has 0 atom stereocenters. The molecule has 0 amide bonds. The second kappa shape index (κ2) is 6.21. The first-order valence-electron chi connectivity index (χ1n) is 7.92. The Balaban J connectivity index is 1.53. The Morgan fingerprint density at radius 3 is 2.71 bits per heavy atom. The summed E-state index contributed by atoms with van der Waals surface area (Å²) in [7, 11) is 0. The minimum atomic E-state index is 0.921. The monoisotopic (exact) mass is 280 g/mol. The number of hydrogen-bond acceptors (Lipinski definition) is 2. The average molecular weight is 280 g/mol. The highest BCUT2D eigenvalue weighted by Gasteiger charge is 2.19. The van der Waals surface area contributed by atoms with E-state index in [-0.39, 0.29) is 0 Å². The molecule has 0 unspecified atom stereocenters. The molecule has 110 valence electrons. The molecule has 1 aliphatic rings. The van der Waals surface area contributed by atoms with E-state index < -0.39 is 0 Å². The summed E-state index contributed by atoms with van der Waals surface area (Å²) in [5.41, 5.74) is 12.5. The number of anilines is 2. The second-order valence-corrected chi connectivity index (χ2v) is 6.02. The molecule has 3 rings (SSSR count). The number of nitrogen functional groups attached to an aromatic ring is 1. The van der Waals surface area contributed by atoms with E-state index in [1.54, 1.807) is 0 Å². The number of hydrogen-bond donors (Lipinski definition) is 1. The molecule has 0 aliphatic carbocycles. The summed E-state index contributed by atoms with van der Waals surface area (Å²) in [6.45, 7) is 4.38. The van der Waals surface area contributed by atoms with Crippen molar-refractivity contribution in [1.29, 1.82) is 0 Å². The molecule has 2 aromatic carbocycles. The van der Waals surface area contributed by atoms with Crippen LogP contribution in [-0.4, -0.2) is 13.1 Å². The maximum Gasteiger partial charge on any atom is 0.0420 e. The molecule has 1 aliphatic heterocycles. The lowest BCUT2D eigenvalue weighted by molar-refractivity contribution is 0.700. The van der Waals surface area contributed by atoms with Gasteiger partial charge in [-0.1, -0.05) is 36.4 Å². The van der Waals surface area contributed by atoms with E-state index in [9.17, 15) is 0 Å². The van der Waals surface area contributed by atoms with Crippen LogP contribution in [0, 0.1) is 6.92 Å². The standard InChI is InChI=1S/C19H24N2/c1-15-13-17-10-12-21(19(17)14-18(15)20)11-6-5-9-16-7-3-2-4-8-16/h2-4,7-8,13-14H,5-6,9-12,20H2,1H3. The fraction of sp³-hybridized carbons (Fsp3) is 0.368. The summed E-state index contributed by atoms with van der Waals surface area (Å²) < 4.78 is 0. The number of nitrogens with zero attached hydrogens (tertiary/aromatic N) is 1. The highest BCUT2D eigenvalue weighted by atomic mass is 15.1. The Bertz CT molecular complexity index is 604. The highest BCUT2D eigenvalue weighted by Crippen LogP contribution is 2.32. The topological polar surface area (TPSA) is 29.3 Å². The van der Waals surface area contributed by atoms with Crippen LogP contribution in [0.4, 0.5) is 11.4 Å². The first-order valence-corrected chi connectivity index (χ1v) is 7.92. The van der Waals surface area contributed by atoms with Gasteiger partial charge in [-0.05, 0) is 55.4 Å². The number of fused-ring (bicyclic) bond motifs is 1. The predicted molar refractivity (Wildman–Crippen MR) is 90.9 cm³/mol. The molecule has 2 N–H and O–H groups in total. The normalized spacial score (nSPS) is 13.5. The van der Waals surface area contributed by atoms with Gasteiger partial charge in [-0.3, -0.25) is 0 Å². The van der Waals surface area contributed by atoms with E-state index >= 15 is 0 Å². The van der Waals surface area contributed by atoms with Crippen molar-refractivity contribution in [2.45, 2.75) is 32.6 Å². The van der Waals surface area contributed by atoms with Crippen LogP contribution in [0.1, 0.15) is 29.5 Å². The van der Waals surface area contributed by atoms with Gasteiger partial charge in [0.25, 0.3) is 0 Å². The highest BCUT2D eigenvalue weighted by molar-refractivity contribution is 5.67. The molecular formula is C19H24N2. The van der Waals surface area contributed by atoms with Crippen molar-refractivity contribution in [2.24, 2.45) is 0 Å². The summed E-state index contributed by atoms with van der Waals surface area (Å²) in [4.78, 5) is 2.50. The number of aryl methyl sites for hydroxylation is 2. The molecule has 0 fully saturated rings. The van der Waals surface area contributed by atoms with Crippen molar-refractivity contribution in [3.05, 3.63) is 59.2 Å². The van der Waals surface area contributed by atoms with Crippen molar-refractivity contribution in [1.82, 2.24) is 0 Å². The maximum absolute atomic E-state index is 6.06. The fourth-order valence-corrected chi connectivity index (χ4v) is 3.15. The van der Waals surface area contributed by atoms with Gasteiger partial charge in [-0.2, -0.15) is 0 Å². The Kier molecular flexibility index (Phi) is 4.14. The van der Waals surface area contributed by atoms with Gasteiger partial charge in [0.05, 0.1) is 0 Å². The van der Waals surface area contributed by atoms with Gasteiger partial charge in [-0.15, -0.1) is 0 Å². The van der Waals surface area contributed by atoms with Gasteiger partial charge in [0, 0.05) is 24.5 Å². The SMILES string of the molecule is Cc1cc2c(cc1N)N(CCCCc1ccccc1)CC2. The quantitative estimate of drug-likeness (QED) is 0.663. The Labute approximate surface area is 127 Å². The van der Waals surface area contributed by atoms with Gasteiger partial charge in [0.1, 0.15) is 0 Å². The summed E-state index contributed by atoms with van der Waals surface area (Å²) in [5.74, 6) is 0. The molecule has 2 aromatic rings. The third-order valence-corrected chi connectivity index (χ3v) is 4.45. The molecule has 1 heterocycles. The number of benzene rings is 2. The molecule has 0 saturated heterocycles. The first kappa shape index (κ1) is 14.0. The van der Waals surface area contributed by atoms with Crippen LogP contribution < -0.4 is 10.6 Å². The third-order valence-electron chi connectivity index (χ3n) is 4.45. The third kappa shape index (κ3) is 3.21. The van der Waals surface area contributed by atoms with Crippen LogP contribution in [0.2, 0.25) is 0 Å². The Morgan fingerprint density at radius 2 is 1.90 bits per heavy atom. The van der Waals surface area contributed by atoms with Crippen LogP contribution in [0.25, 0.3) is 0 Å². The van der Waals surface area contributed by atoms with Crippen molar-refractivity contribution in [3.63, 3.8) is 0 Å². The molecule has 0 radical (unpaired) electrons. The molecule has 2 nitrogen and oxygen atoms in total. The predicted octanol–water partition coefficient (Wildman–Crippen LogP) is 3.96. The summed E-state index contributed by atoms with van der Waals surface area (Å²) in [6, 6.07) is 15.2. The van der Waals surface area contributed by atoms with Crippen molar-refractivity contribution in [2.75, 3.05) is 23.7 Å². The molecule has 0 saturated carbocycles. The minimum absolute atomic E-state index is 0.921. The van der Waals surface area contributed by atoms with Gasteiger partial charge >= 0.3 is 0 Å². The Morgan fingerprint density at radius 1 is 1.10 bits per heavy atom. The van der Waals surface area contributed by atoms with E-state index in [4.69, 9.17) is 5.73 Å². The van der Waals surface area contributed by atoms with Crippen LogP contribution in [0.5, 0.6) is 0 Å². The largest absolute Gasteiger partial charge is 0.398 e. The zero-order chi connectivity index (χ0) is 14.7. The lowest BCUT2D eigenvalue weighted by atomic mass is 10.1. The number of rotatable bonds is 5. The van der Waals surface area contributed by atoms with Gasteiger partial charge < -0.3 is 10.6 Å². The first-order chi connectivity index (χ1) is 10.2. The van der Waals surface area contributed by atoms with Crippen LogP contribution in [-0.2, 0) is 12.8 Å². The van der Waals surface area contributed by atoms with Crippen LogP contribution >= 0.6 is 0 Å². The lowest BCUT2D eigenvalue weighted by Crippen LogP contribution is -2.21. The van der Waals surface area contributed by atoms with Crippen molar-refractivity contribution in [3.8, 4) is 0 Å². The zero-order valence-electron chi connectivity index (χ0n) is 12.8. The second-order valence-electron chi connectivity index (χ2n) is 6.02. The smallest absolute Gasteiger partial charge is 0.0420 e. The number of unbranched alkanes of at least 4 members (excludes halogenated alkanes) is 1. The van der Waals surface area contributed by atoms with Gasteiger partial charge in [0.15, 0.2) is 0 Å². The molecule has 0 bridgehead atoms. The molecule has 21 heavy (non-hydrogen) atoms. The molecule has 0 spiro atoms. The van der Waals surface area contributed by atoms with E-state index in [1.165, 1.54) is 41.6 Å². The van der Waals surface area contributed by atoms with E-state index in [0.29, 0.717) is 0 Å². The van der Waals surface area contributed by atoms with E-state index in [2.05, 4.69) is 54.3 Å². The van der Waals surface area contributed by atoms with E-state index in [0.717, 1.165) is 25.2 Å². The lowest BCUT2D eigenvalue weighted by Gasteiger charge is -2.20. The van der Waals surface area contributed by atoms with Crippen LogP contribution in [0.15, 0.2) is 42.5 Å². The fourth-order valence-electron chi connectivity index (χ4n) is 3.15. The van der Waals surface area contributed by atoms with E-state index in [1.807, 2.05) is 0 Å². The minimum Gasteiger partial charge on any atom is -0.398 e. The molecule has 0 aromatic heterocycles. The Hall–Kier alpha value is -1.96. The average Bonchev–Trinajstić information content (AvgIpc) is 2.87. The summed E-state index contributed by atoms with van der Waals surface area (Å²) in [5, 5.41) is 0.